The first-order valence-electron chi connectivity index (χ1n) is 5.03. The molecule has 1 rings (SSSR count). The topological polar surface area (TPSA) is 109 Å². The molecule has 1 unspecified atom stereocenters. The van der Waals surface area contributed by atoms with E-state index < -0.39 is 11.8 Å². The molecule has 1 aromatic heterocycles. The molecule has 90 valence electrons. The Morgan fingerprint density at radius 3 is 2.88 bits per heavy atom. The van der Waals surface area contributed by atoms with E-state index in [4.69, 9.17) is 20.8 Å². The Morgan fingerprint density at radius 1 is 1.65 bits per heavy atom. The van der Waals surface area contributed by atoms with Crippen LogP contribution in [0.1, 0.15) is 17.2 Å². The van der Waals surface area contributed by atoms with Crippen LogP contribution < -0.4 is 5.73 Å². The van der Waals surface area contributed by atoms with E-state index in [1.807, 2.05) is 6.07 Å². The molecule has 1 amide bonds. The minimum absolute atomic E-state index is 0.0643. The molecule has 0 saturated heterocycles. The van der Waals surface area contributed by atoms with Crippen molar-refractivity contribution < 1.29 is 14.6 Å². The maximum absolute atomic E-state index is 11.2. The van der Waals surface area contributed by atoms with Gasteiger partial charge in [-0.1, -0.05) is 0 Å². The lowest BCUT2D eigenvalue weighted by atomic mass is 10.0. The van der Waals surface area contributed by atoms with Crippen molar-refractivity contribution in [3.8, 4) is 6.07 Å². The minimum Gasteiger partial charge on any atom is -0.394 e. The Bertz CT molecular complexity index is 411. The van der Waals surface area contributed by atoms with Gasteiger partial charge in [-0.25, -0.2) is 0 Å². The summed E-state index contributed by atoms with van der Waals surface area (Å²) in [6.45, 7) is 0.0845. The second-order valence-electron chi connectivity index (χ2n) is 3.34. The molecule has 1 aromatic rings. The van der Waals surface area contributed by atoms with Gasteiger partial charge in [-0.15, -0.1) is 0 Å². The van der Waals surface area contributed by atoms with Crippen LogP contribution in [0.15, 0.2) is 18.3 Å². The number of carbonyl (C=O) groups is 1. The molecule has 0 aromatic carbocycles. The number of hydrogen-bond donors (Lipinski definition) is 2. The zero-order valence-corrected chi connectivity index (χ0v) is 9.17. The zero-order valence-electron chi connectivity index (χ0n) is 9.17. The Morgan fingerprint density at radius 2 is 2.41 bits per heavy atom. The largest absolute Gasteiger partial charge is 0.394 e. The number of ether oxygens (including phenoxy) is 1. The Labute approximate surface area is 98.6 Å². The average Bonchev–Trinajstić information content (AvgIpc) is 2.34. The molecular weight excluding hydrogens is 222 g/mol. The lowest BCUT2D eigenvalue weighted by Crippen LogP contribution is -2.26. The number of primary amides is 1. The first-order valence-corrected chi connectivity index (χ1v) is 5.03. The third-order valence-electron chi connectivity index (χ3n) is 2.14. The van der Waals surface area contributed by atoms with Crippen LogP contribution in [0.25, 0.3) is 0 Å². The van der Waals surface area contributed by atoms with E-state index in [1.54, 1.807) is 12.1 Å². The number of aliphatic hydroxyl groups excluding tert-OH is 1. The molecule has 0 radical (unpaired) electrons. The van der Waals surface area contributed by atoms with Gasteiger partial charge in [0.05, 0.1) is 31.1 Å². The molecule has 0 fully saturated rings. The summed E-state index contributed by atoms with van der Waals surface area (Å²) in [4.78, 5) is 15.2. The van der Waals surface area contributed by atoms with E-state index in [2.05, 4.69) is 4.98 Å². The van der Waals surface area contributed by atoms with E-state index in [9.17, 15) is 4.79 Å². The highest BCUT2D eigenvalue weighted by Gasteiger charge is 2.19. The zero-order chi connectivity index (χ0) is 12.7. The maximum atomic E-state index is 11.2. The average molecular weight is 235 g/mol. The molecule has 0 saturated carbocycles. The quantitative estimate of drug-likeness (QED) is 0.648. The number of nitrogens with two attached hydrogens (primary N) is 1. The molecule has 3 N–H and O–H groups in total. The van der Waals surface area contributed by atoms with Crippen LogP contribution >= 0.6 is 0 Å². The van der Waals surface area contributed by atoms with Crippen molar-refractivity contribution in [2.75, 3.05) is 19.8 Å². The Kier molecular flexibility index (Phi) is 5.07. The minimum atomic E-state index is -0.672. The van der Waals surface area contributed by atoms with Gasteiger partial charge in [0.15, 0.2) is 0 Å². The van der Waals surface area contributed by atoms with Crippen molar-refractivity contribution in [1.29, 1.82) is 5.26 Å². The van der Waals surface area contributed by atoms with Crippen LogP contribution in [-0.4, -0.2) is 35.8 Å². The summed E-state index contributed by atoms with van der Waals surface area (Å²) in [5.74, 6) is -1.23. The monoisotopic (exact) mass is 235 g/mol. The molecule has 0 aliphatic heterocycles. The van der Waals surface area contributed by atoms with Gasteiger partial charge in [0.25, 0.3) is 0 Å². The maximum Gasteiger partial charge on any atom is 0.228 e. The number of nitrogens with zero attached hydrogens (tertiary/aromatic N) is 2. The molecule has 1 atom stereocenters. The fourth-order valence-electron chi connectivity index (χ4n) is 1.26. The standard InChI is InChI=1S/C11H13N3O3/c12-5-8-1-2-10(14-6-8)9(11(13)16)7-17-4-3-15/h1-2,6,9,15H,3-4,7H2,(H2,13,16). The van der Waals surface area contributed by atoms with E-state index in [0.29, 0.717) is 11.3 Å². The first kappa shape index (κ1) is 13.1. The van der Waals surface area contributed by atoms with Crippen molar-refractivity contribution in [2.24, 2.45) is 5.73 Å². The van der Waals surface area contributed by atoms with Gasteiger partial charge >= 0.3 is 0 Å². The normalized spacial score (nSPS) is 11.8. The molecule has 0 bridgehead atoms. The Hall–Kier alpha value is -1.97. The molecule has 0 aliphatic carbocycles. The molecule has 0 spiro atoms. The molecular formula is C11H13N3O3. The van der Waals surface area contributed by atoms with Crippen LogP contribution in [0.4, 0.5) is 0 Å². The second-order valence-corrected chi connectivity index (χ2v) is 3.34. The van der Waals surface area contributed by atoms with Crippen molar-refractivity contribution in [3.63, 3.8) is 0 Å². The predicted molar refractivity (Wildman–Crippen MR) is 58.8 cm³/mol. The number of pyridine rings is 1. The summed E-state index contributed by atoms with van der Waals surface area (Å²) in [5, 5.41) is 17.2. The van der Waals surface area contributed by atoms with Crippen LogP contribution in [0.3, 0.4) is 0 Å². The van der Waals surface area contributed by atoms with Gasteiger partial charge in [0.1, 0.15) is 12.0 Å². The van der Waals surface area contributed by atoms with E-state index in [1.165, 1.54) is 6.20 Å². The SMILES string of the molecule is N#Cc1ccc(C(COCCO)C(N)=O)nc1. The number of aliphatic hydroxyl groups is 1. The van der Waals surface area contributed by atoms with Crippen LogP contribution in [0.5, 0.6) is 0 Å². The van der Waals surface area contributed by atoms with Gasteiger partial charge in [0, 0.05) is 6.20 Å². The lowest BCUT2D eigenvalue weighted by molar-refractivity contribution is -0.121. The van der Waals surface area contributed by atoms with E-state index in [0.717, 1.165) is 0 Å². The molecule has 6 heteroatoms. The number of amides is 1. The summed E-state index contributed by atoms with van der Waals surface area (Å²) < 4.78 is 5.06. The van der Waals surface area contributed by atoms with Crippen molar-refractivity contribution in [1.82, 2.24) is 4.98 Å². The number of rotatable bonds is 6. The molecule has 6 nitrogen and oxygen atoms in total. The fraction of sp³-hybridized carbons (Fsp3) is 0.364. The highest BCUT2D eigenvalue weighted by atomic mass is 16.5. The van der Waals surface area contributed by atoms with Gasteiger partial charge in [0.2, 0.25) is 5.91 Å². The summed E-state index contributed by atoms with van der Waals surface area (Å²) in [7, 11) is 0. The highest BCUT2D eigenvalue weighted by molar-refractivity contribution is 5.81. The van der Waals surface area contributed by atoms with Crippen molar-refractivity contribution in [2.45, 2.75) is 5.92 Å². The van der Waals surface area contributed by atoms with Crippen LogP contribution in [0.2, 0.25) is 0 Å². The summed E-state index contributed by atoms with van der Waals surface area (Å²) in [6, 6.07) is 5.06. The number of hydrogen-bond acceptors (Lipinski definition) is 5. The fourth-order valence-corrected chi connectivity index (χ4v) is 1.26. The van der Waals surface area contributed by atoms with Crippen LogP contribution in [-0.2, 0) is 9.53 Å². The van der Waals surface area contributed by atoms with Crippen molar-refractivity contribution >= 4 is 5.91 Å². The first-order chi connectivity index (χ1) is 8.19. The lowest BCUT2D eigenvalue weighted by Gasteiger charge is -2.12. The number of aromatic nitrogens is 1. The predicted octanol–water partition coefficient (Wildman–Crippen LogP) is -0.469. The number of carbonyl (C=O) groups excluding carboxylic acids is 1. The summed E-state index contributed by atoms with van der Waals surface area (Å²) in [6.07, 6.45) is 1.37. The second kappa shape index (κ2) is 6.58. The smallest absolute Gasteiger partial charge is 0.228 e. The molecule has 1 heterocycles. The van der Waals surface area contributed by atoms with Crippen LogP contribution in [0, 0.1) is 11.3 Å². The third-order valence-corrected chi connectivity index (χ3v) is 2.14. The highest BCUT2D eigenvalue weighted by Crippen LogP contribution is 2.13. The summed E-state index contributed by atoms with van der Waals surface area (Å²) in [5.41, 5.74) is 6.10. The van der Waals surface area contributed by atoms with E-state index in [-0.39, 0.29) is 19.8 Å². The molecule has 17 heavy (non-hydrogen) atoms. The third kappa shape index (κ3) is 3.83. The van der Waals surface area contributed by atoms with Gasteiger partial charge < -0.3 is 15.6 Å². The Balaban J connectivity index is 2.75. The molecule has 0 aliphatic rings. The summed E-state index contributed by atoms with van der Waals surface area (Å²) >= 11 is 0. The number of nitriles is 1. The van der Waals surface area contributed by atoms with Gasteiger partial charge in [-0.2, -0.15) is 5.26 Å². The van der Waals surface area contributed by atoms with Gasteiger partial charge in [-0.3, -0.25) is 9.78 Å². The van der Waals surface area contributed by atoms with Gasteiger partial charge in [-0.05, 0) is 12.1 Å². The van der Waals surface area contributed by atoms with Crippen molar-refractivity contribution in [3.05, 3.63) is 29.6 Å². The van der Waals surface area contributed by atoms with E-state index >= 15 is 0 Å².